The summed E-state index contributed by atoms with van der Waals surface area (Å²) in [6.45, 7) is 6.74. The molecule has 0 aromatic heterocycles. The highest BCUT2D eigenvalue weighted by molar-refractivity contribution is 8.20. The normalized spacial score (nSPS) is 17.1. The van der Waals surface area contributed by atoms with Crippen LogP contribution in [0.4, 0.5) is 0 Å². The molecule has 0 N–H and O–H groups in total. The topological polar surface area (TPSA) is 0 Å². The van der Waals surface area contributed by atoms with Gasteiger partial charge in [-0.05, 0) is 49.6 Å². The zero-order valence-electron chi connectivity index (χ0n) is 12.0. The molecule has 2 heteroatoms. The van der Waals surface area contributed by atoms with Crippen LogP contribution in [0.1, 0.15) is 31.9 Å². The van der Waals surface area contributed by atoms with Gasteiger partial charge in [-0.25, -0.2) is 0 Å². The van der Waals surface area contributed by atoms with E-state index in [2.05, 4.69) is 75.4 Å². The zero-order valence-corrected chi connectivity index (χ0v) is 13.6. The summed E-state index contributed by atoms with van der Waals surface area (Å²) in [4.78, 5) is 2.82. The summed E-state index contributed by atoms with van der Waals surface area (Å²) < 4.78 is 0.263. The number of allylic oxidation sites excluding steroid dienone is 1. The number of benzene rings is 2. The van der Waals surface area contributed by atoms with Gasteiger partial charge in [-0.3, -0.25) is 0 Å². The van der Waals surface area contributed by atoms with Gasteiger partial charge in [0, 0.05) is 9.79 Å². The molecule has 0 atom stereocenters. The number of hydrogen-bond donors (Lipinski definition) is 0. The van der Waals surface area contributed by atoms with Crippen molar-refractivity contribution in [1.29, 1.82) is 0 Å². The molecule has 0 fully saturated rings. The van der Waals surface area contributed by atoms with Gasteiger partial charge in [0.25, 0.3) is 0 Å². The van der Waals surface area contributed by atoms with Crippen molar-refractivity contribution < 1.29 is 0 Å². The van der Waals surface area contributed by atoms with Gasteiger partial charge in [-0.15, -0.1) is 23.5 Å². The lowest BCUT2D eigenvalue weighted by atomic mass is 10.0. The van der Waals surface area contributed by atoms with Gasteiger partial charge in [0.15, 0.2) is 0 Å². The Bertz CT molecular complexity index is 654. The average molecular weight is 298 g/mol. The second kappa shape index (κ2) is 5.34. The molecular weight excluding hydrogens is 280 g/mol. The fourth-order valence-electron chi connectivity index (χ4n) is 2.36. The van der Waals surface area contributed by atoms with Crippen LogP contribution >= 0.6 is 23.5 Å². The van der Waals surface area contributed by atoms with E-state index in [0.717, 1.165) is 0 Å². The van der Waals surface area contributed by atoms with Crippen molar-refractivity contribution in [2.24, 2.45) is 0 Å². The van der Waals surface area contributed by atoms with E-state index >= 15 is 0 Å². The molecule has 0 spiro atoms. The minimum absolute atomic E-state index is 0.263. The van der Waals surface area contributed by atoms with Gasteiger partial charge in [0.2, 0.25) is 0 Å². The summed E-state index contributed by atoms with van der Waals surface area (Å²) in [5.41, 5.74) is 3.88. The smallest absolute Gasteiger partial charge is 0.0649 e. The maximum Gasteiger partial charge on any atom is 0.0649 e. The van der Waals surface area contributed by atoms with Crippen LogP contribution in [0.5, 0.6) is 0 Å². The first-order chi connectivity index (χ1) is 9.53. The van der Waals surface area contributed by atoms with Crippen LogP contribution in [0.2, 0.25) is 0 Å². The van der Waals surface area contributed by atoms with E-state index in [1.807, 2.05) is 23.5 Å². The number of fused-ring (bicyclic) bond motifs is 1. The predicted octanol–water partition coefficient (Wildman–Crippen LogP) is 6.18. The molecule has 0 saturated heterocycles. The van der Waals surface area contributed by atoms with Crippen molar-refractivity contribution in [3.05, 3.63) is 59.7 Å². The van der Waals surface area contributed by atoms with Crippen LogP contribution in [0.25, 0.3) is 11.6 Å². The summed E-state index contributed by atoms with van der Waals surface area (Å²) in [5.74, 6) is 0. The lowest BCUT2D eigenvalue weighted by Crippen LogP contribution is -2.01. The summed E-state index contributed by atoms with van der Waals surface area (Å²) in [7, 11) is 0. The molecule has 102 valence electrons. The Morgan fingerprint density at radius 2 is 1.65 bits per heavy atom. The molecular formula is C18H18S2. The van der Waals surface area contributed by atoms with Crippen molar-refractivity contribution >= 4 is 35.2 Å². The van der Waals surface area contributed by atoms with Crippen molar-refractivity contribution in [1.82, 2.24) is 0 Å². The summed E-state index contributed by atoms with van der Waals surface area (Å²) in [6.07, 6.45) is 2.27. The maximum atomic E-state index is 2.31. The number of hydrogen-bond acceptors (Lipinski definition) is 2. The summed E-state index contributed by atoms with van der Waals surface area (Å²) in [6, 6.07) is 17.3. The van der Waals surface area contributed by atoms with Crippen LogP contribution in [0, 0.1) is 0 Å². The molecule has 1 aliphatic rings. The van der Waals surface area contributed by atoms with Gasteiger partial charge in [0.05, 0.1) is 4.08 Å². The summed E-state index contributed by atoms with van der Waals surface area (Å²) >= 11 is 3.92. The first-order valence-corrected chi connectivity index (χ1v) is 8.43. The Morgan fingerprint density at radius 1 is 0.950 bits per heavy atom. The van der Waals surface area contributed by atoms with E-state index in [1.54, 1.807) is 0 Å². The summed E-state index contributed by atoms with van der Waals surface area (Å²) in [5, 5.41) is 0. The Kier molecular flexibility index (Phi) is 3.70. The SMILES string of the molecule is CC(=Cc1ccc2c(c1)SC(C)(C)S2)c1ccccc1. The first-order valence-electron chi connectivity index (χ1n) is 6.79. The molecule has 1 aliphatic heterocycles. The third kappa shape index (κ3) is 2.97. The van der Waals surface area contributed by atoms with Crippen molar-refractivity contribution in [2.45, 2.75) is 34.6 Å². The molecule has 2 aromatic rings. The van der Waals surface area contributed by atoms with Crippen LogP contribution in [-0.2, 0) is 0 Å². The second-order valence-electron chi connectivity index (χ2n) is 5.50. The van der Waals surface area contributed by atoms with Crippen LogP contribution in [0.15, 0.2) is 58.3 Å². The molecule has 0 nitrogen and oxygen atoms in total. The third-order valence-electron chi connectivity index (χ3n) is 3.29. The molecule has 0 unspecified atom stereocenters. The highest BCUT2D eigenvalue weighted by Crippen LogP contribution is 2.55. The Hall–Kier alpha value is -1.12. The minimum atomic E-state index is 0.263. The highest BCUT2D eigenvalue weighted by atomic mass is 32.2. The van der Waals surface area contributed by atoms with E-state index in [0.29, 0.717) is 0 Å². The average Bonchev–Trinajstić information content (AvgIpc) is 2.73. The van der Waals surface area contributed by atoms with E-state index in [1.165, 1.54) is 26.5 Å². The van der Waals surface area contributed by atoms with E-state index in [-0.39, 0.29) is 4.08 Å². The first kappa shape index (κ1) is 13.8. The predicted molar refractivity (Wildman–Crippen MR) is 92.2 cm³/mol. The van der Waals surface area contributed by atoms with Gasteiger partial charge >= 0.3 is 0 Å². The molecule has 0 saturated carbocycles. The quantitative estimate of drug-likeness (QED) is 0.607. The van der Waals surface area contributed by atoms with Crippen molar-refractivity contribution in [3.8, 4) is 0 Å². The molecule has 1 heterocycles. The molecule has 3 rings (SSSR count). The Labute approximate surface area is 129 Å². The molecule has 0 bridgehead atoms. The lowest BCUT2D eigenvalue weighted by molar-refractivity contribution is 1.04. The molecule has 2 aromatic carbocycles. The second-order valence-corrected chi connectivity index (χ2v) is 9.09. The van der Waals surface area contributed by atoms with Gasteiger partial charge < -0.3 is 0 Å². The monoisotopic (exact) mass is 298 g/mol. The molecule has 0 aliphatic carbocycles. The van der Waals surface area contributed by atoms with Gasteiger partial charge in [0.1, 0.15) is 0 Å². The molecule has 20 heavy (non-hydrogen) atoms. The fraction of sp³-hybridized carbons (Fsp3) is 0.222. The fourth-order valence-corrected chi connectivity index (χ4v) is 5.04. The van der Waals surface area contributed by atoms with Crippen LogP contribution < -0.4 is 0 Å². The Balaban J connectivity index is 1.90. The zero-order chi connectivity index (χ0) is 14.2. The van der Waals surface area contributed by atoms with Crippen LogP contribution in [0.3, 0.4) is 0 Å². The number of rotatable bonds is 2. The largest absolute Gasteiger partial charge is 0.107 e. The maximum absolute atomic E-state index is 2.31. The number of thioether (sulfide) groups is 2. The Morgan fingerprint density at radius 3 is 2.40 bits per heavy atom. The van der Waals surface area contributed by atoms with Gasteiger partial charge in [-0.2, -0.15) is 0 Å². The van der Waals surface area contributed by atoms with E-state index in [4.69, 9.17) is 0 Å². The highest BCUT2D eigenvalue weighted by Gasteiger charge is 2.29. The van der Waals surface area contributed by atoms with Crippen LogP contribution in [-0.4, -0.2) is 4.08 Å². The van der Waals surface area contributed by atoms with E-state index in [9.17, 15) is 0 Å². The third-order valence-corrected chi connectivity index (χ3v) is 6.04. The van der Waals surface area contributed by atoms with Gasteiger partial charge in [-0.1, -0.05) is 42.5 Å². The van der Waals surface area contributed by atoms with Crippen molar-refractivity contribution in [3.63, 3.8) is 0 Å². The standard InChI is InChI=1S/C18H18S2/c1-13(15-7-5-4-6-8-15)11-14-9-10-16-17(12-14)20-18(2,3)19-16/h4-12H,1-3H3. The van der Waals surface area contributed by atoms with Crippen molar-refractivity contribution in [2.75, 3.05) is 0 Å². The van der Waals surface area contributed by atoms with E-state index < -0.39 is 0 Å². The molecule has 0 amide bonds. The lowest BCUT2D eigenvalue weighted by Gasteiger charge is -2.12. The molecule has 0 radical (unpaired) electrons. The minimum Gasteiger partial charge on any atom is -0.107 e.